The summed E-state index contributed by atoms with van der Waals surface area (Å²) in [4.78, 5) is 4.03. The van der Waals surface area contributed by atoms with Crippen LogP contribution in [0.4, 0.5) is 10.1 Å². The van der Waals surface area contributed by atoms with Gasteiger partial charge in [0.2, 0.25) is 5.88 Å². The number of hydrogen-bond acceptors (Lipinski definition) is 3. The Morgan fingerprint density at radius 1 is 1.22 bits per heavy atom. The lowest BCUT2D eigenvalue weighted by Crippen LogP contribution is -2.05. The molecule has 0 atom stereocenters. The van der Waals surface area contributed by atoms with Crippen LogP contribution in [0.15, 0.2) is 42.6 Å². The van der Waals surface area contributed by atoms with Crippen LogP contribution < -0.4 is 10.1 Å². The van der Waals surface area contributed by atoms with Crippen molar-refractivity contribution in [2.24, 2.45) is 0 Å². The molecule has 0 unspecified atom stereocenters. The first-order chi connectivity index (χ1) is 8.78. The van der Waals surface area contributed by atoms with Gasteiger partial charge in [0.1, 0.15) is 5.82 Å². The van der Waals surface area contributed by atoms with Crippen LogP contribution in [0.1, 0.15) is 5.56 Å². The van der Waals surface area contributed by atoms with Crippen LogP contribution >= 0.6 is 0 Å². The normalized spacial score (nSPS) is 10.1. The smallest absolute Gasteiger partial charge is 0.214 e. The third-order valence-corrected chi connectivity index (χ3v) is 2.60. The molecule has 0 spiro atoms. The third kappa shape index (κ3) is 3.45. The Hall–Kier alpha value is -2.10. The predicted octanol–water partition coefficient (Wildman–Crippen LogP) is 2.88. The number of ether oxygens (including phenoxy) is 1. The van der Waals surface area contributed by atoms with E-state index < -0.39 is 0 Å². The molecule has 4 heteroatoms. The van der Waals surface area contributed by atoms with Gasteiger partial charge < -0.3 is 10.1 Å². The molecule has 0 bridgehead atoms. The van der Waals surface area contributed by atoms with E-state index in [2.05, 4.69) is 10.3 Å². The molecule has 94 valence electrons. The maximum Gasteiger partial charge on any atom is 0.214 e. The highest BCUT2D eigenvalue weighted by atomic mass is 19.1. The van der Waals surface area contributed by atoms with E-state index in [1.54, 1.807) is 25.4 Å². The van der Waals surface area contributed by atoms with Crippen LogP contribution in [-0.4, -0.2) is 18.6 Å². The van der Waals surface area contributed by atoms with Gasteiger partial charge >= 0.3 is 0 Å². The van der Waals surface area contributed by atoms with Gasteiger partial charge in [-0.05, 0) is 30.2 Å². The summed E-state index contributed by atoms with van der Waals surface area (Å²) in [6.07, 6.45) is 2.53. The molecule has 0 aliphatic carbocycles. The highest BCUT2D eigenvalue weighted by Gasteiger charge is 1.97. The van der Waals surface area contributed by atoms with Gasteiger partial charge in [-0.2, -0.15) is 0 Å². The molecule has 0 radical (unpaired) electrons. The first-order valence-electron chi connectivity index (χ1n) is 5.76. The lowest BCUT2D eigenvalue weighted by atomic mass is 10.1. The van der Waals surface area contributed by atoms with Crippen LogP contribution in [0.2, 0.25) is 0 Å². The van der Waals surface area contributed by atoms with Crippen molar-refractivity contribution >= 4 is 5.69 Å². The van der Waals surface area contributed by atoms with Gasteiger partial charge in [0, 0.05) is 24.5 Å². The highest BCUT2D eigenvalue weighted by Crippen LogP contribution is 2.13. The second-order valence-electron chi connectivity index (χ2n) is 3.89. The Balaban J connectivity index is 1.86. The number of aromatic nitrogens is 1. The zero-order valence-corrected chi connectivity index (χ0v) is 10.2. The van der Waals surface area contributed by atoms with Crippen molar-refractivity contribution in [2.45, 2.75) is 6.42 Å². The molecule has 1 heterocycles. The molecule has 1 aromatic heterocycles. The Morgan fingerprint density at radius 2 is 2.00 bits per heavy atom. The first-order valence-corrected chi connectivity index (χ1v) is 5.76. The van der Waals surface area contributed by atoms with E-state index in [1.165, 1.54) is 12.1 Å². The fraction of sp³-hybridized carbons (Fsp3) is 0.214. The topological polar surface area (TPSA) is 34.1 Å². The number of nitrogens with one attached hydrogen (secondary N) is 1. The number of benzene rings is 1. The van der Waals surface area contributed by atoms with E-state index in [-0.39, 0.29) is 5.82 Å². The fourth-order valence-corrected chi connectivity index (χ4v) is 1.63. The quantitative estimate of drug-likeness (QED) is 0.880. The van der Waals surface area contributed by atoms with Gasteiger partial charge in [-0.25, -0.2) is 9.37 Å². The molecule has 3 nitrogen and oxygen atoms in total. The number of hydrogen-bond donors (Lipinski definition) is 1. The van der Waals surface area contributed by atoms with Crippen molar-refractivity contribution in [1.82, 2.24) is 4.98 Å². The van der Waals surface area contributed by atoms with Crippen LogP contribution in [0, 0.1) is 5.82 Å². The minimum atomic E-state index is -0.203. The van der Waals surface area contributed by atoms with Gasteiger partial charge in [0.05, 0.1) is 7.11 Å². The van der Waals surface area contributed by atoms with Crippen LogP contribution in [-0.2, 0) is 6.42 Å². The van der Waals surface area contributed by atoms with Crippen molar-refractivity contribution in [3.05, 3.63) is 54.0 Å². The summed E-state index contributed by atoms with van der Waals surface area (Å²) in [7, 11) is 1.59. The molecule has 18 heavy (non-hydrogen) atoms. The average molecular weight is 246 g/mol. The van der Waals surface area contributed by atoms with Crippen molar-refractivity contribution < 1.29 is 9.13 Å². The summed E-state index contributed by atoms with van der Waals surface area (Å²) in [5, 5.41) is 3.27. The second kappa shape index (κ2) is 6.00. The summed E-state index contributed by atoms with van der Waals surface area (Å²) >= 11 is 0. The van der Waals surface area contributed by atoms with E-state index in [0.29, 0.717) is 5.88 Å². The Bertz CT molecular complexity index is 499. The van der Waals surface area contributed by atoms with Crippen LogP contribution in [0.5, 0.6) is 5.88 Å². The lowest BCUT2D eigenvalue weighted by molar-refractivity contribution is 0.398. The molecular formula is C14H15FN2O. The molecule has 0 saturated heterocycles. The lowest BCUT2D eigenvalue weighted by Gasteiger charge is -2.07. The van der Waals surface area contributed by atoms with Crippen molar-refractivity contribution in [2.75, 3.05) is 19.0 Å². The summed E-state index contributed by atoms with van der Waals surface area (Å²) in [6, 6.07) is 10.3. The van der Waals surface area contributed by atoms with Crippen LogP contribution in [0.3, 0.4) is 0 Å². The van der Waals surface area contributed by atoms with Gasteiger partial charge in [0.15, 0.2) is 0 Å². The van der Waals surface area contributed by atoms with Gasteiger partial charge in [-0.15, -0.1) is 0 Å². The minimum absolute atomic E-state index is 0.203. The standard InChI is InChI=1S/C14H15FN2O/c1-18-14-10-13(7-9-17-14)16-8-6-11-2-4-12(15)5-3-11/h2-5,7,9-10H,6,8H2,1H3,(H,16,17). The third-order valence-electron chi connectivity index (χ3n) is 2.60. The number of halogens is 1. The van der Waals surface area contributed by atoms with Gasteiger partial charge in [0.25, 0.3) is 0 Å². The van der Waals surface area contributed by atoms with E-state index in [9.17, 15) is 4.39 Å². The maximum atomic E-state index is 12.7. The van der Waals surface area contributed by atoms with E-state index in [1.807, 2.05) is 12.1 Å². The summed E-state index contributed by atoms with van der Waals surface area (Å²) in [6.45, 7) is 0.777. The van der Waals surface area contributed by atoms with Crippen molar-refractivity contribution in [1.29, 1.82) is 0 Å². The number of methoxy groups -OCH3 is 1. The van der Waals surface area contributed by atoms with E-state index in [4.69, 9.17) is 4.74 Å². The van der Waals surface area contributed by atoms with E-state index >= 15 is 0 Å². The molecule has 0 amide bonds. The molecule has 0 aliphatic rings. The molecule has 0 fully saturated rings. The summed E-state index contributed by atoms with van der Waals surface area (Å²) < 4.78 is 17.8. The Kier molecular flexibility index (Phi) is 4.12. The second-order valence-corrected chi connectivity index (χ2v) is 3.89. The molecule has 2 aromatic rings. The fourth-order valence-electron chi connectivity index (χ4n) is 1.63. The summed E-state index contributed by atoms with van der Waals surface area (Å²) in [5.74, 6) is 0.382. The van der Waals surface area contributed by atoms with Crippen LogP contribution in [0.25, 0.3) is 0 Å². The number of nitrogens with zero attached hydrogens (tertiary/aromatic N) is 1. The van der Waals surface area contributed by atoms with E-state index in [0.717, 1.165) is 24.2 Å². The number of anilines is 1. The maximum absolute atomic E-state index is 12.7. The van der Waals surface area contributed by atoms with Gasteiger partial charge in [-0.3, -0.25) is 0 Å². The minimum Gasteiger partial charge on any atom is -0.481 e. The molecule has 2 rings (SSSR count). The summed E-state index contributed by atoms with van der Waals surface area (Å²) in [5.41, 5.74) is 2.06. The monoisotopic (exact) mass is 246 g/mol. The largest absolute Gasteiger partial charge is 0.481 e. The molecule has 0 saturated carbocycles. The predicted molar refractivity (Wildman–Crippen MR) is 69.4 cm³/mol. The Morgan fingerprint density at radius 3 is 2.72 bits per heavy atom. The molecular weight excluding hydrogens is 231 g/mol. The van der Waals surface area contributed by atoms with Gasteiger partial charge in [-0.1, -0.05) is 12.1 Å². The Labute approximate surface area is 106 Å². The SMILES string of the molecule is COc1cc(NCCc2ccc(F)cc2)ccn1. The molecule has 0 aliphatic heterocycles. The van der Waals surface area contributed by atoms with Crippen molar-refractivity contribution in [3.63, 3.8) is 0 Å². The zero-order valence-electron chi connectivity index (χ0n) is 10.2. The molecule has 1 aromatic carbocycles. The first kappa shape index (κ1) is 12.4. The number of pyridine rings is 1. The molecule has 1 N–H and O–H groups in total. The van der Waals surface area contributed by atoms with Crippen molar-refractivity contribution in [3.8, 4) is 5.88 Å². The number of rotatable bonds is 5. The highest BCUT2D eigenvalue weighted by molar-refractivity contribution is 5.45. The zero-order chi connectivity index (χ0) is 12.8. The average Bonchev–Trinajstić information content (AvgIpc) is 2.41.